The van der Waals surface area contributed by atoms with Gasteiger partial charge in [-0.25, -0.2) is 4.68 Å². The van der Waals surface area contributed by atoms with Crippen molar-refractivity contribution in [2.45, 2.75) is 25.4 Å². The summed E-state index contributed by atoms with van der Waals surface area (Å²) in [7, 11) is 0. The first-order valence-corrected chi connectivity index (χ1v) is 12.4. The molecule has 1 fully saturated rings. The number of para-hydroxylation sites is 1. The second-order valence-electron chi connectivity index (χ2n) is 8.26. The van der Waals surface area contributed by atoms with E-state index in [9.17, 15) is 4.79 Å². The van der Waals surface area contributed by atoms with Crippen molar-refractivity contribution in [1.29, 1.82) is 0 Å². The van der Waals surface area contributed by atoms with Crippen molar-refractivity contribution in [2.75, 3.05) is 13.1 Å². The van der Waals surface area contributed by atoms with Crippen molar-refractivity contribution in [1.82, 2.24) is 20.0 Å². The van der Waals surface area contributed by atoms with E-state index in [1.54, 1.807) is 16.0 Å². The van der Waals surface area contributed by atoms with Crippen molar-refractivity contribution in [2.24, 2.45) is 0 Å². The minimum atomic E-state index is -0.119. The number of halogens is 1. The maximum atomic E-state index is 13.3. The van der Waals surface area contributed by atoms with Crippen LogP contribution in [0.15, 0.2) is 78.2 Å². The standard InChI is InChI=1S/C26H25ClN4OS/c27-21-9-4-5-10-23(21)31-24(17-22(29-31)25-11-6-16-33-25)26(32)28-20-12-14-30(15-13-20)18-19-7-2-1-3-8-19/h1-11,16-17,20H,12-15,18H2,(H,28,32). The van der Waals surface area contributed by atoms with Gasteiger partial charge in [-0.2, -0.15) is 5.10 Å². The number of aromatic nitrogens is 2. The number of hydrogen-bond donors (Lipinski definition) is 1. The molecule has 7 heteroatoms. The minimum absolute atomic E-state index is 0.119. The first-order valence-electron chi connectivity index (χ1n) is 11.1. The van der Waals surface area contributed by atoms with E-state index in [0.29, 0.717) is 16.4 Å². The zero-order chi connectivity index (χ0) is 22.6. The molecule has 168 valence electrons. The van der Waals surface area contributed by atoms with Crippen LogP contribution in [0.2, 0.25) is 5.02 Å². The summed E-state index contributed by atoms with van der Waals surface area (Å²) in [6.07, 6.45) is 1.85. The van der Waals surface area contributed by atoms with Gasteiger partial charge in [0.2, 0.25) is 0 Å². The Hall–Kier alpha value is -2.93. The topological polar surface area (TPSA) is 50.2 Å². The molecular formula is C26H25ClN4OS. The molecule has 0 spiro atoms. The predicted molar refractivity (Wildman–Crippen MR) is 134 cm³/mol. The number of rotatable bonds is 6. The average Bonchev–Trinajstić information content (AvgIpc) is 3.52. The molecule has 0 radical (unpaired) electrons. The molecule has 33 heavy (non-hydrogen) atoms. The van der Waals surface area contributed by atoms with Crippen molar-refractivity contribution < 1.29 is 4.79 Å². The van der Waals surface area contributed by atoms with Crippen molar-refractivity contribution in [3.63, 3.8) is 0 Å². The van der Waals surface area contributed by atoms with Crippen LogP contribution >= 0.6 is 22.9 Å². The molecule has 5 nitrogen and oxygen atoms in total. The Morgan fingerprint density at radius 2 is 1.79 bits per heavy atom. The first kappa shape index (κ1) is 21.9. The summed E-state index contributed by atoms with van der Waals surface area (Å²) in [4.78, 5) is 16.8. The lowest BCUT2D eigenvalue weighted by Gasteiger charge is -2.32. The molecule has 3 heterocycles. The number of carbonyl (C=O) groups is 1. The van der Waals surface area contributed by atoms with Gasteiger partial charge in [0, 0.05) is 25.7 Å². The highest BCUT2D eigenvalue weighted by atomic mass is 35.5. The number of nitrogens with zero attached hydrogens (tertiary/aromatic N) is 3. The second-order valence-corrected chi connectivity index (χ2v) is 9.62. The van der Waals surface area contributed by atoms with Crippen LogP contribution in [0, 0.1) is 0 Å². The fourth-order valence-electron chi connectivity index (χ4n) is 4.23. The smallest absolute Gasteiger partial charge is 0.270 e. The number of benzene rings is 2. The number of amides is 1. The molecule has 1 N–H and O–H groups in total. The van der Waals surface area contributed by atoms with Crippen LogP contribution < -0.4 is 5.32 Å². The maximum absolute atomic E-state index is 13.3. The molecule has 2 aromatic carbocycles. The second kappa shape index (κ2) is 9.91. The van der Waals surface area contributed by atoms with Crippen molar-refractivity contribution in [3.8, 4) is 16.3 Å². The highest BCUT2D eigenvalue weighted by Crippen LogP contribution is 2.28. The summed E-state index contributed by atoms with van der Waals surface area (Å²) in [5.74, 6) is -0.119. The lowest BCUT2D eigenvalue weighted by atomic mass is 10.0. The molecule has 4 aromatic rings. The average molecular weight is 477 g/mol. The third-order valence-corrected chi connectivity index (χ3v) is 7.18. The van der Waals surface area contributed by atoms with Crippen LogP contribution in [0.4, 0.5) is 0 Å². The molecule has 0 unspecified atom stereocenters. The van der Waals surface area contributed by atoms with Gasteiger partial charge in [0.25, 0.3) is 5.91 Å². The Morgan fingerprint density at radius 3 is 2.52 bits per heavy atom. The van der Waals surface area contributed by atoms with Gasteiger partial charge < -0.3 is 5.32 Å². The SMILES string of the molecule is O=C(NC1CCN(Cc2ccccc2)CC1)c1cc(-c2cccs2)nn1-c1ccccc1Cl. The lowest BCUT2D eigenvalue weighted by Crippen LogP contribution is -2.44. The summed E-state index contributed by atoms with van der Waals surface area (Å²) in [6, 6.07) is 24.0. The van der Waals surface area contributed by atoms with E-state index < -0.39 is 0 Å². The van der Waals surface area contributed by atoms with E-state index in [1.807, 2.05) is 53.9 Å². The van der Waals surface area contributed by atoms with Gasteiger partial charge >= 0.3 is 0 Å². The molecule has 1 saturated heterocycles. The number of hydrogen-bond acceptors (Lipinski definition) is 4. The van der Waals surface area contributed by atoms with Gasteiger partial charge in [0.05, 0.1) is 15.6 Å². The lowest BCUT2D eigenvalue weighted by molar-refractivity contribution is 0.0901. The normalized spacial score (nSPS) is 14.9. The van der Waals surface area contributed by atoms with Crippen molar-refractivity contribution in [3.05, 3.63) is 94.5 Å². The van der Waals surface area contributed by atoms with Gasteiger partial charge in [0.1, 0.15) is 11.4 Å². The van der Waals surface area contributed by atoms with Crippen LogP contribution in [0.25, 0.3) is 16.3 Å². The van der Waals surface area contributed by atoms with E-state index in [2.05, 4.69) is 34.5 Å². The van der Waals surface area contributed by atoms with Gasteiger partial charge in [-0.15, -0.1) is 11.3 Å². The molecule has 5 rings (SSSR count). The van der Waals surface area contributed by atoms with Gasteiger partial charge in [-0.05, 0) is 48.1 Å². The van der Waals surface area contributed by atoms with Gasteiger partial charge in [0.15, 0.2) is 0 Å². The Bertz CT molecular complexity index is 1210. The van der Waals surface area contributed by atoms with Crippen LogP contribution in [-0.2, 0) is 6.54 Å². The molecule has 0 saturated carbocycles. The predicted octanol–water partition coefficient (Wildman–Crippen LogP) is 5.65. The Labute approximate surface area is 202 Å². The Morgan fingerprint density at radius 1 is 1.03 bits per heavy atom. The molecular weight excluding hydrogens is 452 g/mol. The molecule has 1 aliphatic rings. The minimum Gasteiger partial charge on any atom is -0.348 e. The summed E-state index contributed by atoms with van der Waals surface area (Å²) in [5, 5.41) is 10.5. The largest absolute Gasteiger partial charge is 0.348 e. The first-order chi connectivity index (χ1) is 16.2. The van der Waals surface area contributed by atoms with E-state index >= 15 is 0 Å². The van der Waals surface area contributed by atoms with Gasteiger partial charge in [-0.1, -0.05) is 60.1 Å². The molecule has 1 amide bonds. The van der Waals surface area contributed by atoms with Crippen LogP contribution in [0.5, 0.6) is 0 Å². The molecule has 0 aliphatic carbocycles. The van der Waals surface area contributed by atoms with E-state index in [4.69, 9.17) is 16.7 Å². The van der Waals surface area contributed by atoms with Crippen LogP contribution in [-0.4, -0.2) is 39.7 Å². The quantitative estimate of drug-likeness (QED) is 0.391. The molecule has 0 bridgehead atoms. The highest BCUT2D eigenvalue weighted by Gasteiger charge is 2.24. The number of thiophene rings is 1. The number of piperidine rings is 1. The summed E-state index contributed by atoms with van der Waals surface area (Å²) >= 11 is 8.05. The highest BCUT2D eigenvalue weighted by molar-refractivity contribution is 7.13. The molecule has 1 aliphatic heterocycles. The zero-order valence-corrected chi connectivity index (χ0v) is 19.7. The Kier molecular flexibility index (Phi) is 6.58. The number of carbonyl (C=O) groups excluding carboxylic acids is 1. The fraction of sp³-hybridized carbons (Fsp3) is 0.231. The van der Waals surface area contributed by atoms with E-state index in [0.717, 1.165) is 43.0 Å². The van der Waals surface area contributed by atoms with E-state index in [-0.39, 0.29) is 11.9 Å². The number of likely N-dealkylation sites (tertiary alicyclic amines) is 1. The third kappa shape index (κ3) is 5.03. The fourth-order valence-corrected chi connectivity index (χ4v) is 5.13. The van der Waals surface area contributed by atoms with E-state index in [1.165, 1.54) is 5.56 Å². The molecule has 0 atom stereocenters. The van der Waals surface area contributed by atoms with Gasteiger partial charge in [-0.3, -0.25) is 9.69 Å². The van der Waals surface area contributed by atoms with Crippen molar-refractivity contribution >= 4 is 28.8 Å². The summed E-state index contributed by atoms with van der Waals surface area (Å²) in [6.45, 7) is 2.87. The Balaban J connectivity index is 1.31. The number of nitrogens with one attached hydrogen (secondary N) is 1. The molecule has 2 aromatic heterocycles. The van der Waals surface area contributed by atoms with Crippen LogP contribution in [0.1, 0.15) is 28.9 Å². The summed E-state index contributed by atoms with van der Waals surface area (Å²) in [5.41, 5.74) is 3.29. The zero-order valence-electron chi connectivity index (χ0n) is 18.2. The summed E-state index contributed by atoms with van der Waals surface area (Å²) < 4.78 is 1.66. The monoisotopic (exact) mass is 476 g/mol. The maximum Gasteiger partial charge on any atom is 0.270 e. The van der Waals surface area contributed by atoms with Crippen LogP contribution in [0.3, 0.4) is 0 Å². The third-order valence-electron chi connectivity index (χ3n) is 5.97.